The number of methoxy groups -OCH3 is 1. The summed E-state index contributed by atoms with van der Waals surface area (Å²) in [6, 6.07) is 13.4. The van der Waals surface area contributed by atoms with Crippen molar-refractivity contribution in [1.82, 2.24) is 20.1 Å². The third-order valence-electron chi connectivity index (χ3n) is 8.39. The second-order valence-electron chi connectivity index (χ2n) is 11.2. The first-order valence-electron chi connectivity index (χ1n) is 14.9. The van der Waals surface area contributed by atoms with Gasteiger partial charge in [-0.1, -0.05) is 18.9 Å². The van der Waals surface area contributed by atoms with Gasteiger partial charge in [0.25, 0.3) is 0 Å². The molecule has 41 heavy (non-hydrogen) atoms. The summed E-state index contributed by atoms with van der Waals surface area (Å²) in [7, 11) is 1.64. The monoisotopic (exact) mass is 560 g/mol. The summed E-state index contributed by atoms with van der Waals surface area (Å²) >= 11 is 0. The lowest BCUT2D eigenvalue weighted by Gasteiger charge is -2.33. The zero-order chi connectivity index (χ0) is 28.0. The molecule has 0 radical (unpaired) electrons. The molecule has 4 aromatic rings. The molecule has 2 fully saturated rings. The number of aromatic nitrogens is 1. The van der Waals surface area contributed by atoms with E-state index < -0.39 is 6.09 Å². The largest absolute Gasteiger partial charge is 0.497 e. The van der Waals surface area contributed by atoms with E-state index in [2.05, 4.69) is 20.1 Å². The maximum atomic E-state index is 12.7. The molecule has 0 bridgehead atoms. The Morgan fingerprint density at radius 1 is 0.976 bits per heavy atom. The number of nitrogens with zero attached hydrogens (tertiary/aromatic N) is 2. The Morgan fingerprint density at radius 2 is 1.76 bits per heavy atom. The van der Waals surface area contributed by atoms with Crippen LogP contribution in [0.5, 0.6) is 17.4 Å². The van der Waals surface area contributed by atoms with Gasteiger partial charge in [0.1, 0.15) is 23.7 Å². The van der Waals surface area contributed by atoms with Gasteiger partial charge in [0.05, 0.1) is 18.9 Å². The Hall–Kier alpha value is -3.69. The molecular weight excluding hydrogens is 520 g/mol. The molecule has 2 aliphatic rings. The van der Waals surface area contributed by atoms with E-state index in [1.54, 1.807) is 13.4 Å². The maximum Gasteiger partial charge on any atom is 0.414 e. The van der Waals surface area contributed by atoms with E-state index in [1.165, 1.54) is 38.8 Å². The average molecular weight is 561 g/mol. The molecule has 2 saturated heterocycles. The van der Waals surface area contributed by atoms with Crippen LogP contribution in [0.15, 0.2) is 53.1 Å². The molecule has 0 atom stereocenters. The van der Waals surface area contributed by atoms with Crippen molar-refractivity contribution in [2.45, 2.75) is 51.2 Å². The van der Waals surface area contributed by atoms with Crippen molar-refractivity contribution in [3.05, 3.63) is 54.3 Å². The van der Waals surface area contributed by atoms with E-state index in [0.717, 1.165) is 72.2 Å². The number of hydrogen-bond acceptors (Lipinski definition) is 7. The van der Waals surface area contributed by atoms with Crippen LogP contribution in [0.1, 0.15) is 44.1 Å². The quantitative estimate of drug-likeness (QED) is 0.262. The summed E-state index contributed by atoms with van der Waals surface area (Å²) in [5.74, 6) is 1.85. The van der Waals surface area contributed by atoms with Crippen LogP contribution in [-0.4, -0.2) is 73.3 Å². The van der Waals surface area contributed by atoms with Gasteiger partial charge in [0, 0.05) is 54.6 Å². The number of fused-ring (bicyclic) bond motifs is 2. The molecule has 0 unspecified atom stereocenters. The Morgan fingerprint density at radius 3 is 2.54 bits per heavy atom. The predicted octanol–water partition coefficient (Wildman–Crippen LogP) is 5.93. The van der Waals surface area contributed by atoms with Gasteiger partial charge in [0.2, 0.25) is 5.88 Å². The standard InChI is InChI=1S/C32H40N4O5/c1-38-25-9-10-30-26(19-25)23(22-40-30)21-39-29-8-6-7-28-27(29)20-31(34-28)41-32(37)33-24-11-15-36(16-12-24)18-17-35-13-4-2-3-5-14-35/h6-10,19-20,22,24,34H,2-5,11-18,21H2,1H3,(H,33,37). The van der Waals surface area contributed by atoms with E-state index in [1.807, 2.05) is 42.5 Å². The van der Waals surface area contributed by atoms with Crippen LogP contribution in [0, 0.1) is 0 Å². The molecule has 2 aromatic heterocycles. The number of ether oxygens (including phenoxy) is 3. The minimum atomic E-state index is -0.430. The lowest BCUT2D eigenvalue weighted by molar-refractivity contribution is 0.157. The minimum absolute atomic E-state index is 0.128. The van der Waals surface area contributed by atoms with E-state index in [0.29, 0.717) is 18.2 Å². The molecule has 9 heteroatoms. The summed E-state index contributed by atoms with van der Waals surface area (Å²) in [4.78, 5) is 21.0. The number of carbonyl (C=O) groups excluding carboxylic acids is 1. The van der Waals surface area contributed by atoms with E-state index in [-0.39, 0.29) is 6.04 Å². The van der Waals surface area contributed by atoms with Gasteiger partial charge in [-0.15, -0.1) is 0 Å². The fourth-order valence-corrected chi connectivity index (χ4v) is 5.98. The van der Waals surface area contributed by atoms with Gasteiger partial charge in [-0.05, 0) is 69.1 Å². The number of rotatable bonds is 9. The molecule has 2 aromatic carbocycles. The Kier molecular flexibility index (Phi) is 8.63. The smallest absolute Gasteiger partial charge is 0.414 e. The highest BCUT2D eigenvalue weighted by atomic mass is 16.6. The summed E-state index contributed by atoms with van der Waals surface area (Å²) in [6.07, 6.45) is 8.56. The fourth-order valence-electron chi connectivity index (χ4n) is 5.98. The van der Waals surface area contributed by atoms with Crippen molar-refractivity contribution in [3.63, 3.8) is 0 Å². The van der Waals surface area contributed by atoms with Gasteiger partial charge in [-0.2, -0.15) is 0 Å². The van der Waals surface area contributed by atoms with Crippen LogP contribution in [-0.2, 0) is 6.61 Å². The van der Waals surface area contributed by atoms with Crippen molar-refractivity contribution in [2.75, 3.05) is 46.4 Å². The second kappa shape index (κ2) is 12.9. The van der Waals surface area contributed by atoms with E-state index in [9.17, 15) is 4.79 Å². The van der Waals surface area contributed by atoms with Crippen molar-refractivity contribution in [3.8, 4) is 17.4 Å². The number of carbonyl (C=O) groups is 1. The third kappa shape index (κ3) is 6.80. The highest BCUT2D eigenvalue weighted by Gasteiger charge is 2.22. The number of nitrogens with one attached hydrogen (secondary N) is 2. The first-order valence-corrected chi connectivity index (χ1v) is 14.9. The van der Waals surface area contributed by atoms with Gasteiger partial charge in [0.15, 0.2) is 0 Å². The highest BCUT2D eigenvalue weighted by molar-refractivity contribution is 5.88. The van der Waals surface area contributed by atoms with Crippen LogP contribution in [0.4, 0.5) is 4.79 Å². The van der Waals surface area contributed by atoms with Gasteiger partial charge < -0.3 is 38.7 Å². The Bertz CT molecular complexity index is 1450. The summed E-state index contributed by atoms with van der Waals surface area (Å²) < 4.78 is 22.8. The van der Waals surface area contributed by atoms with Crippen LogP contribution in [0.2, 0.25) is 0 Å². The summed E-state index contributed by atoms with van der Waals surface area (Å²) in [5, 5.41) is 4.86. The molecule has 1 amide bonds. The highest BCUT2D eigenvalue weighted by Crippen LogP contribution is 2.32. The zero-order valence-electron chi connectivity index (χ0n) is 23.8. The second-order valence-corrected chi connectivity index (χ2v) is 11.2. The molecule has 2 N–H and O–H groups in total. The predicted molar refractivity (Wildman–Crippen MR) is 159 cm³/mol. The number of benzene rings is 2. The summed E-state index contributed by atoms with van der Waals surface area (Å²) in [5.41, 5.74) is 2.54. The van der Waals surface area contributed by atoms with Crippen LogP contribution in [0.25, 0.3) is 21.9 Å². The maximum absolute atomic E-state index is 12.7. The molecule has 0 aliphatic carbocycles. The molecule has 0 spiro atoms. The topological polar surface area (TPSA) is 92.2 Å². The first kappa shape index (κ1) is 27.5. The van der Waals surface area contributed by atoms with Gasteiger partial charge in [-0.25, -0.2) is 4.79 Å². The van der Waals surface area contributed by atoms with E-state index in [4.69, 9.17) is 18.6 Å². The first-order chi connectivity index (χ1) is 20.1. The molecule has 4 heterocycles. The summed E-state index contributed by atoms with van der Waals surface area (Å²) in [6.45, 7) is 7.08. The Labute approximate surface area is 240 Å². The molecule has 0 saturated carbocycles. The molecule has 6 rings (SSSR count). The zero-order valence-corrected chi connectivity index (χ0v) is 23.8. The van der Waals surface area contributed by atoms with Crippen LogP contribution >= 0.6 is 0 Å². The number of likely N-dealkylation sites (tertiary alicyclic amines) is 2. The lowest BCUT2D eigenvalue weighted by Crippen LogP contribution is -2.47. The third-order valence-corrected chi connectivity index (χ3v) is 8.39. The average Bonchev–Trinajstić information content (AvgIpc) is 3.49. The van der Waals surface area contributed by atoms with Gasteiger partial charge in [-0.3, -0.25) is 0 Å². The number of aromatic amines is 1. The molecule has 9 nitrogen and oxygen atoms in total. The normalized spacial score (nSPS) is 17.5. The van der Waals surface area contributed by atoms with Crippen molar-refractivity contribution >= 4 is 28.0 Å². The number of H-pyrrole nitrogens is 1. The lowest BCUT2D eigenvalue weighted by atomic mass is 10.1. The van der Waals surface area contributed by atoms with Crippen molar-refractivity contribution in [2.24, 2.45) is 0 Å². The fraction of sp³-hybridized carbons (Fsp3) is 0.469. The number of hydrogen-bond donors (Lipinski definition) is 2. The molecule has 2 aliphatic heterocycles. The molecular formula is C32H40N4O5. The van der Waals surface area contributed by atoms with Crippen molar-refractivity contribution in [1.29, 1.82) is 0 Å². The SMILES string of the molecule is COc1ccc2occ(COc3cccc4[nH]c(OC(=O)NC5CCN(CCN6CCCCCC6)CC5)cc34)c2c1. The number of amides is 1. The minimum Gasteiger partial charge on any atom is -0.497 e. The van der Waals surface area contributed by atoms with E-state index >= 15 is 0 Å². The van der Waals surface area contributed by atoms with Crippen molar-refractivity contribution < 1.29 is 23.4 Å². The molecule has 218 valence electrons. The number of piperidine rings is 1. The number of furan rings is 1. The van der Waals surface area contributed by atoms with Gasteiger partial charge >= 0.3 is 6.09 Å². The van der Waals surface area contributed by atoms with Crippen LogP contribution in [0.3, 0.4) is 0 Å². The van der Waals surface area contributed by atoms with Crippen LogP contribution < -0.4 is 19.5 Å². The Balaban J connectivity index is 0.998.